The lowest BCUT2D eigenvalue weighted by Gasteiger charge is -2.17. The summed E-state index contributed by atoms with van der Waals surface area (Å²) in [6, 6.07) is 4.00. The normalized spacial score (nSPS) is 18.6. The minimum atomic E-state index is -0.901. The maximum Gasteiger partial charge on any atom is 0.230 e. The first-order chi connectivity index (χ1) is 17.5. The molecule has 0 saturated heterocycles. The standard InChI is InChI=1S/C25H35NO4S.C4H10.C2H6/c1-6-20-9-8-16(3)24(20)18(5)31-15-23(29)26-12-19-10-17(4)25(21(7-2)11-19)30-14-22(28)13-27;1-4(2)3;1-2/h1,10-11,16,20,22,27-28H,7-9,12-15H2,2-5H3,(H,26,29);4H,1-3H3;1-2H3/b24-18-;;/t16-,20?,22+;;/m1../s1. The number of terminal acetylenes is 1. The van der Waals surface area contributed by atoms with Crippen molar-refractivity contribution in [1.29, 1.82) is 0 Å². The van der Waals surface area contributed by atoms with Crippen molar-refractivity contribution in [2.24, 2.45) is 17.8 Å². The van der Waals surface area contributed by atoms with Crippen LogP contribution < -0.4 is 10.1 Å². The number of carbonyl (C=O) groups excluding carboxylic acids is 1. The van der Waals surface area contributed by atoms with Crippen LogP contribution in [0.2, 0.25) is 0 Å². The van der Waals surface area contributed by atoms with Crippen molar-refractivity contribution >= 4 is 17.7 Å². The molecule has 1 saturated carbocycles. The number of carbonyl (C=O) groups is 1. The van der Waals surface area contributed by atoms with Gasteiger partial charge in [0.05, 0.1) is 12.4 Å². The molecule has 1 unspecified atom stereocenters. The molecule has 6 heteroatoms. The first kappa shape index (κ1) is 35.1. The molecule has 1 aromatic rings. The molecule has 0 spiro atoms. The van der Waals surface area contributed by atoms with E-state index in [4.69, 9.17) is 16.3 Å². The Morgan fingerprint density at radius 2 is 1.89 bits per heavy atom. The van der Waals surface area contributed by atoms with Gasteiger partial charge in [-0.15, -0.1) is 18.2 Å². The molecule has 3 atom stereocenters. The molecule has 0 bridgehead atoms. The van der Waals surface area contributed by atoms with E-state index in [0.717, 1.165) is 47.6 Å². The van der Waals surface area contributed by atoms with Crippen molar-refractivity contribution in [2.75, 3.05) is 19.0 Å². The van der Waals surface area contributed by atoms with Gasteiger partial charge in [-0.2, -0.15) is 0 Å². The van der Waals surface area contributed by atoms with Crippen LogP contribution in [0.4, 0.5) is 0 Å². The van der Waals surface area contributed by atoms with Crippen molar-refractivity contribution < 1.29 is 19.7 Å². The summed E-state index contributed by atoms with van der Waals surface area (Å²) in [5.74, 6) is 5.53. The zero-order chi connectivity index (χ0) is 28.5. The molecule has 210 valence electrons. The second-order valence-corrected chi connectivity index (χ2v) is 11.1. The number of amides is 1. The SMILES string of the molecule is C#CC1CC[C@@H](C)/C1=C(\C)SCC(=O)NCc1cc(C)c(OC[C@@H](O)CO)c(CC)c1.CC.CC(C)C. The zero-order valence-electron chi connectivity index (χ0n) is 24.6. The molecule has 1 aromatic carbocycles. The molecule has 1 aliphatic carbocycles. The lowest BCUT2D eigenvalue weighted by Crippen LogP contribution is -2.25. The molecule has 0 aromatic heterocycles. The van der Waals surface area contributed by atoms with Crippen LogP contribution in [0.25, 0.3) is 0 Å². The summed E-state index contributed by atoms with van der Waals surface area (Å²) in [4.78, 5) is 13.6. The van der Waals surface area contributed by atoms with Crippen molar-refractivity contribution in [2.45, 2.75) is 94.2 Å². The summed E-state index contributed by atoms with van der Waals surface area (Å²) < 4.78 is 5.71. The van der Waals surface area contributed by atoms with E-state index in [-0.39, 0.29) is 25.0 Å². The summed E-state index contributed by atoms with van der Waals surface area (Å²) in [6.45, 7) is 18.9. The predicted octanol–water partition coefficient (Wildman–Crippen LogP) is 6.28. The van der Waals surface area contributed by atoms with E-state index in [1.54, 1.807) is 11.8 Å². The van der Waals surface area contributed by atoms with Crippen molar-refractivity contribution in [3.05, 3.63) is 39.3 Å². The van der Waals surface area contributed by atoms with Gasteiger partial charge >= 0.3 is 0 Å². The van der Waals surface area contributed by atoms with Gasteiger partial charge in [-0.05, 0) is 72.1 Å². The van der Waals surface area contributed by atoms with Crippen LogP contribution in [-0.2, 0) is 17.8 Å². The van der Waals surface area contributed by atoms with Gasteiger partial charge in [0.2, 0.25) is 5.91 Å². The third-order valence-corrected chi connectivity index (χ3v) is 6.81. The van der Waals surface area contributed by atoms with E-state index in [0.29, 0.717) is 18.2 Å². The third-order valence-electron chi connectivity index (χ3n) is 5.73. The molecule has 5 nitrogen and oxygen atoms in total. The van der Waals surface area contributed by atoms with Crippen LogP contribution in [0.3, 0.4) is 0 Å². The maximum atomic E-state index is 12.4. The molecular weight excluding hydrogens is 482 g/mol. The zero-order valence-corrected chi connectivity index (χ0v) is 25.4. The van der Waals surface area contributed by atoms with Gasteiger partial charge in [-0.25, -0.2) is 0 Å². The number of ether oxygens (including phenoxy) is 1. The van der Waals surface area contributed by atoms with E-state index in [1.807, 2.05) is 39.8 Å². The number of benzene rings is 1. The summed E-state index contributed by atoms with van der Waals surface area (Å²) in [5.41, 5.74) is 4.29. The van der Waals surface area contributed by atoms with Gasteiger partial charge in [0.15, 0.2) is 0 Å². The fourth-order valence-electron chi connectivity index (χ4n) is 4.08. The average molecular weight is 534 g/mol. The van der Waals surface area contributed by atoms with E-state index >= 15 is 0 Å². The number of hydrogen-bond acceptors (Lipinski definition) is 5. The Kier molecular flexibility index (Phi) is 18.2. The molecule has 0 heterocycles. The molecule has 3 N–H and O–H groups in total. The van der Waals surface area contributed by atoms with Gasteiger partial charge in [0, 0.05) is 12.5 Å². The molecule has 1 fully saturated rings. The largest absolute Gasteiger partial charge is 0.490 e. The lowest BCUT2D eigenvalue weighted by atomic mass is 9.98. The van der Waals surface area contributed by atoms with Gasteiger partial charge in [-0.3, -0.25) is 4.79 Å². The lowest BCUT2D eigenvalue weighted by molar-refractivity contribution is -0.118. The van der Waals surface area contributed by atoms with E-state index in [9.17, 15) is 9.90 Å². The van der Waals surface area contributed by atoms with Gasteiger partial charge in [0.25, 0.3) is 0 Å². The summed E-state index contributed by atoms with van der Waals surface area (Å²) in [5, 5.41) is 21.5. The molecule has 1 amide bonds. The highest BCUT2D eigenvalue weighted by Crippen LogP contribution is 2.40. The Labute approximate surface area is 230 Å². The van der Waals surface area contributed by atoms with Gasteiger partial charge in [-0.1, -0.05) is 66.5 Å². The first-order valence-electron chi connectivity index (χ1n) is 13.6. The highest BCUT2D eigenvalue weighted by Gasteiger charge is 2.27. The molecule has 1 aliphatic rings. The molecule has 2 rings (SSSR count). The predicted molar refractivity (Wildman–Crippen MR) is 159 cm³/mol. The topological polar surface area (TPSA) is 78.8 Å². The quantitative estimate of drug-likeness (QED) is 0.309. The Balaban J connectivity index is 0.00000196. The summed E-state index contributed by atoms with van der Waals surface area (Å²) in [6.07, 6.45) is 7.70. The number of aliphatic hydroxyl groups excluding tert-OH is 2. The highest BCUT2D eigenvalue weighted by atomic mass is 32.2. The number of rotatable bonds is 10. The summed E-state index contributed by atoms with van der Waals surface area (Å²) >= 11 is 1.57. The number of nitrogens with one attached hydrogen (secondary N) is 1. The van der Waals surface area contributed by atoms with Gasteiger partial charge < -0.3 is 20.3 Å². The van der Waals surface area contributed by atoms with Crippen LogP contribution in [0.15, 0.2) is 22.6 Å². The van der Waals surface area contributed by atoms with E-state index < -0.39 is 6.10 Å². The van der Waals surface area contributed by atoms with Gasteiger partial charge in [0.1, 0.15) is 18.5 Å². The fourth-order valence-corrected chi connectivity index (χ4v) is 5.04. The third kappa shape index (κ3) is 12.9. The molecular formula is C31H51NO4S. The van der Waals surface area contributed by atoms with Crippen LogP contribution in [0.1, 0.15) is 84.9 Å². The van der Waals surface area contributed by atoms with Crippen LogP contribution in [0.5, 0.6) is 5.75 Å². The Bertz CT molecular complexity index is 885. The van der Waals surface area contributed by atoms with Crippen LogP contribution in [0, 0.1) is 37.0 Å². The monoisotopic (exact) mass is 533 g/mol. The van der Waals surface area contributed by atoms with E-state index in [2.05, 4.69) is 45.9 Å². The van der Waals surface area contributed by atoms with Crippen molar-refractivity contribution in [3.8, 4) is 18.1 Å². The van der Waals surface area contributed by atoms with Crippen LogP contribution in [-0.4, -0.2) is 41.2 Å². The van der Waals surface area contributed by atoms with Crippen molar-refractivity contribution in [3.63, 3.8) is 0 Å². The number of thioether (sulfide) groups is 1. The highest BCUT2D eigenvalue weighted by molar-refractivity contribution is 8.03. The summed E-state index contributed by atoms with van der Waals surface area (Å²) in [7, 11) is 0. The van der Waals surface area contributed by atoms with Crippen LogP contribution >= 0.6 is 11.8 Å². The first-order valence-corrected chi connectivity index (χ1v) is 14.6. The number of hydrogen-bond donors (Lipinski definition) is 3. The number of allylic oxidation sites excluding steroid dienone is 2. The molecule has 0 radical (unpaired) electrons. The molecule has 37 heavy (non-hydrogen) atoms. The Morgan fingerprint density at radius 3 is 2.43 bits per heavy atom. The van der Waals surface area contributed by atoms with E-state index in [1.165, 1.54) is 10.5 Å². The molecule has 0 aliphatic heterocycles. The second-order valence-electron chi connectivity index (χ2n) is 9.91. The minimum absolute atomic E-state index is 0.00467. The fraction of sp³-hybridized carbons (Fsp3) is 0.645. The minimum Gasteiger partial charge on any atom is -0.490 e. The number of aliphatic hydroxyl groups is 2. The Morgan fingerprint density at radius 1 is 1.27 bits per heavy atom. The second kappa shape index (κ2) is 19.2. The average Bonchev–Trinajstić information content (AvgIpc) is 3.26. The number of aryl methyl sites for hydroxylation is 2. The smallest absolute Gasteiger partial charge is 0.230 e. The Hall–Kier alpha value is -1.94. The van der Waals surface area contributed by atoms with Crippen molar-refractivity contribution in [1.82, 2.24) is 5.32 Å². The maximum absolute atomic E-state index is 12.4.